The molecule has 0 spiro atoms. The van der Waals surface area contributed by atoms with Gasteiger partial charge in [0.1, 0.15) is 28.9 Å². The van der Waals surface area contributed by atoms with Crippen LogP contribution in [0.1, 0.15) is 43.4 Å². The van der Waals surface area contributed by atoms with Crippen LogP contribution in [0.4, 0.5) is 0 Å². The first-order chi connectivity index (χ1) is 17.1. The molecule has 0 aliphatic carbocycles. The Morgan fingerprint density at radius 3 is 2.36 bits per heavy atom. The summed E-state index contributed by atoms with van der Waals surface area (Å²) >= 11 is 12.3. The number of carbonyl (C=O) groups is 1. The van der Waals surface area contributed by atoms with Crippen LogP contribution in [0.15, 0.2) is 72.1 Å². The molecule has 0 aromatic heterocycles. The second-order valence-electron chi connectivity index (χ2n) is 9.34. The Bertz CT molecular complexity index is 1390. The van der Waals surface area contributed by atoms with E-state index in [1.165, 1.54) is 5.56 Å². The summed E-state index contributed by atoms with van der Waals surface area (Å²) in [6.07, 6.45) is 0. The molecule has 8 heteroatoms. The van der Waals surface area contributed by atoms with Crippen LogP contribution in [0.3, 0.4) is 0 Å². The van der Waals surface area contributed by atoms with Gasteiger partial charge in [-0.25, -0.2) is 4.79 Å². The Morgan fingerprint density at radius 1 is 1.03 bits per heavy atom. The van der Waals surface area contributed by atoms with Gasteiger partial charge in [-0.15, -0.1) is 0 Å². The SMILES string of the molecule is CC(C)(C)c1ccc(OCC(=O)Oc2ccc3c(c2)OC(N)=C(C#N)C3c2ccc(Cl)c(Cl)c2)cc1. The summed E-state index contributed by atoms with van der Waals surface area (Å²) < 4.78 is 16.7. The molecular formula is C28H24Cl2N2O4. The van der Waals surface area contributed by atoms with Crippen molar-refractivity contribution >= 4 is 29.2 Å². The lowest BCUT2D eigenvalue weighted by Gasteiger charge is -2.27. The number of nitriles is 1. The fraction of sp³-hybridized carbons (Fsp3) is 0.214. The fourth-order valence-corrected chi connectivity index (χ4v) is 4.19. The molecule has 184 valence electrons. The predicted octanol–water partition coefficient (Wildman–Crippen LogP) is 6.49. The summed E-state index contributed by atoms with van der Waals surface area (Å²) in [5.41, 5.74) is 8.89. The highest BCUT2D eigenvalue weighted by Crippen LogP contribution is 2.44. The van der Waals surface area contributed by atoms with Crippen LogP contribution in [0.2, 0.25) is 10.0 Å². The molecule has 1 aliphatic rings. The highest BCUT2D eigenvalue weighted by Gasteiger charge is 2.31. The largest absolute Gasteiger partial charge is 0.482 e. The Morgan fingerprint density at radius 2 is 1.72 bits per heavy atom. The first kappa shape index (κ1) is 25.4. The maximum Gasteiger partial charge on any atom is 0.349 e. The molecular weight excluding hydrogens is 499 g/mol. The molecule has 1 aliphatic heterocycles. The summed E-state index contributed by atoms with van der Waals surface area (Å²) in [5.74, 6) is 0.0652. The monoisotopic (exact) mass is 522 g/mol. The Labute approximate surface area is 219 Å². The zero-order valence-electron chi connectivity index (χ0n) is 20.0. The van der Waals surface area contributed by atoms with E-state index in [-0.39, 0.29) is 29.2 Å². The molecule has 0 radical (unpaired) electrons. The zero-order valence-corrected chi connectivity index (χ0v) is 21.5. The molecule has 2 N–H and O–H groups in total. The number of esters is 1. The van der Waals surface area contributed by atoms with E-state index in [1.807, 2.05) is 24.3 Å². The maximum atomic E-state index is 12.4. The average Bonchev–Trinajstić information content (AvgIpc) is 2.83. The van der Waals surface area contributed by atoms with E-state index in [4.69, 9.17) is 43.1 Å². The molecule has 0 bridgehead atoms. The van der Waals surface area contributed by atoms with Gasteiger partial charge < -0.3 is 19.9 Å². The molecule has 1 atom stereocenters. The van der Waals surface area contributed by atoms with Gasteiger partial charge in [-0.1, -0.05) is 68.2 Å². The van der Waals surface area contributed by atoms with Crippen molar-refractivity contribution in [2.24, 2.45) is 5.73 Å². The molecule has 1 unspecified atom stereocenters. The molecule has 1 heterocycles. The lowest BCUT2D eigenvalue weighted by Crippen LogP contribution is -2.21. The average molecular weight is 523 g/mol. The van der Waals surface area contributed by atoms with Gasteiger partial charge >= 0.3 is 5.97 Å². The predicted molar refractivity (Wildman–Crippen MR) is 138 cm³/mol. The minimum atomic E-state index is -0.576. The summed E-state index contributed by atoms with van der Waals surface area (Å²) in [6, 6.07) is 19.7. The van der Waals surface area contributed by atoms with Crippen LogP contribution in [0.5, 0.6) is 17.2 Å². The molecule has 6 nitrogen and oxygen atoms in total. The number of hydrogen-bond acceptors (Lipinski definition) is 6. The minimum absolute atomic E-state index is 0.0252. The summed E-state index contributed by atoms with van der Waals surface area (Å²) in [4.78, 5) is 12.4. The topological polar surface area (TPSA) is 94.6 Å². The van der Waals surface area contributed by atoms with Crippen molar-refractivity contribution in [2.75, 3.05) is 6.61 Å². The van der Waals surface area contributed by atoms with Crippen LogP contribution in [-0.2, 0) is 10.2 Å². The first-order valence-electron chi connectivity index (χ1n) is 11.2. The summed E-state index contributed by atoms with van der Waals surface area (Å²) in [6.45, 7) is 6.11. The van der Waals surface area contributed by atoms with Crippen molar-refractivity contribution in [1.29, 1.82) is 5.26 Å². The quantitative estimate of drug-likeness (QED) is 0.303. The van der Waals surface area contributed by atoms with Gasteiger partial charge in [-0.05, 0) is 46.9 Å². The Hall–Kier alpha value is -3.66. The number of carbonyl (C=O) groups excluding carboxylic acids is 1. The van der Waals surface area contributed by atoms with Crippen molar-refractivity contribution < 1.29 is 19.0 Å². The van der Waals surface area contributed by atoms with Crippen molar-refractivity contribution in [1.82, 2.24) is 0 Å². The summed E-state index contributed by atoms with van der Waals surface area (Å²) in [7, 11) is 0. The third kappa shape index (κ3) is 5.43. The van der Waals surface area contributed by atoms with Crippen molar-refractivity contribution in [3.63, 3.8) is 0 Å². The van der Waals surface area contributed by atoms with E-state index in [9.17, 15) is 10.1 Å². The molecule has 4 rings (SSSR count). The van der Waals surface area contributed by atoms with Gasteiger partial charge in [0.15, 0.2) is 6.61 Å². The number of hydrogen-bond donors (Lipinski definition) is 1. The van der Waals surface area contributed by atoms with Gasteiger partial charge in [0.2, 0.25) is 5.88 Å². The molecule has 3 aromatic rings. The molecule has 36 heavy (non-hydrogen) atoms. The summed E-state index contributed by atoms with van der Waals surface area (Å²) in [5, 5.41) is 10.5. The molecule has 3 aromatic carbocycles. The van der Waals surface area contributed by atoms with E-state index in [0.717, 1.165) is 5.56 Å². The lowest BCUT2D eigenvalue weighted by atomic mass is 9.83. The van der Waals surface area contributed by atoms with Crippen molar-refractivity contribution in [3.8, 4) is 23.3 Å². The van der Waals surface area contributed by atoms with Crippen LogP contribution in [-0.4, -0.2) is 12.6 Å². The third-order valence-electron chi connectivity index (χ3n) is 5.78. The van der Waals surface area contributed by atoms with Crippen LogP contribution < -0.4 is 19.9 Å². The highest BCUT2D eigenvalue weighted by molar-refractivity contribution is 6.42. The second-order valence-corrected chi connectivity index (χ2v) is 10.1. The first-order valence-corrected chi connectivity index (χ1v) is 11.9. The number of ether oxygens (including phenoxy) is 3. The van der Waals surface area contributed by atoms with Crippen LogP contribution >= 0.6 is 23.2 Å². The lowest BCUT2D eigenvalue weighted by molar-refractivity contribution is -0.136. The van der Waals surface area contributed by atoms with Gasteiger partial charge in [-0.3, -0.25) is 0 Å². The number of nitrogens with zero attached hydrogens (tertiary/aromatic N) is 1. The standard InChI is InChI=1S/C28H24Cl2N2O4/c1-28(2,3)17-5-7-18(8-6-17)34-15-25(33)35-19-9-10-20-24(13-19)36-27(32)21(14-31)26(20)16-4-11-22(29)23(30)12-16/h4-13,26H,15,32H2,1-3H3. The maximum absolute atomic E-state index is 12.4. The van der Waals surface area contributed by atoms with Gasteiger partial charge in [-0.2, -0.15) is 5.26 Å². The number of benzene rings is 3. The Balaban J connectivity index is 1.50. The molecule has 0 saturated heterocycles. The third-order valence-corrected chi connectivity index (χ3v) is 6.52. The molecule has 0 saturated carbocycles. The number of fused-ring (bicyclic) bond motifs is 1. The van der Waals surface area contributed by atoms with E-state index in [2.05, 4.69) is 26.8 Å². The highest BCUT2D eigenvalue weighted by atomic mass is 35.5. The van der Waals surface area contributed by atoms with E-state index < -0.39 is 11.9 Å². The van der Waals surface area contributed by atoms with Gasteiger partial charge in [0.05, 0.1) is 16.0 Å². The van der Waals surface area contributed by atoms with E-state index in [1.54, 1.807) is 36.4 Å². The van der Waals surface area contributed by atoms with E-state index in [0.29, 0.717) is 27.1 Å². The van der Waals surface area contributed by atoms with Crippen molar-refractivity contribution in [3.05, 3.63) is 98.9 Å². The van der Waals surface area contributed by atoms with Crippen molar-refractivity contribution in [2.45, 2.75) is 32.1 Å². The number of allylic oxidation sites excluding steroid dienone is 1. The zero-order chi connectivity index (χ0) is 26.0. The minimum Gasteiger partial charge on any atom is -0.482 e. The van der Waals surface area contributed by atoms with E-state index >= 15 is 0 Å². The van der Waals surface area contributed by atoms with Crippen LogP contribution in [0.25, 0.3) is 0 Å². The number of halogens is 2. The smallest absolute Gasteiger partial charge is 0.349 e. The van der Waals surface area contributed by atoms with Crippen LogP contribution in [0, 0.1) is 11.3 Å². The van der Waals surface area contributed by atoms with Gasteiger partial charge in [0, 0.05) is 11.6 Å². The Kier molecular flexibility index (Phi) is 7.16. The fourth-order valence-electron chi connectivity index (χ4n) is 3.89. The second kappa shape index (κ2) is 10.1. The molecule has 0 fully saturated rings. The normalized spacial score (nSPS) is 14.9. The number of rotatable bonds is 5. The van der Waals surface area contributed by atoms with Gasteiger partial charge in [0.25, 0.3) is 0 Å². The molecule has 0 amide bonds. The number of nitrogens with two attached hydrogens (primary N) is 1.